The van der Waals surface area contributed by atoms with Crippen LogP contribution in [0.15, 0.2) is 42.6 Å². The summed E-state index contributed by atoms with van der Waals surface area (Å²) in [5.41, 5.74) is 0.582. The third-order valence-corrected chi connectivity index (χ3v) is 4.04. The fourth-order valence-electron chi connectivity index (χ4n) is 2.71. The summed E-state index contributed by atoms with van der Waals surface area (Å²) < 4.78 is 5.98. The molecular formula is C17H18ClN3O2. The van der Waals surface area contributed by atoms with E-state index < -0.39 is 0 Å². The second kappa shape index (κ2) is 6.87. The van der Waals surface area contributed by atoms with E-state index >= 15 is 0 Å². The summed E-state index contributed by atoms with van der Waals surface area (Å²) in [5, 5.41) is 3.31. The number of halogens is 1. The molecule has 23 heavy (non-hydrogen) atoms. The minimum Gasteiger partial charge on any atom is -0.488 e. The van der Waals surface area contributed by atoms with Gasteiger partial charge in [-0.15, -0.1) is 0 Å². The molecule has 1 aromatic carbocycles. The highest BCUT2D eigenvalue weighted by molar-refractivity contribution is 6.30. The van der Waals surface area contributed by atoms with Crippen molar-refractivity contribution in [2.45, 2.75) is 12.5 Å². The van der Waals surface area contributed by atoms with E-state index in [-0.39, 0.29) is 12.0 Å². The van der Waals surface area contributed by atoms with Crippen molar-refractivity contribution in [2.24, 2.45) is 0 Å². The zero-order valence-electron chi connectivity index (χ0n) is 12.8. The van der Waals surface area contributed by atoms with Gasteiger partial charge in [0, 0.05) is 31.2 Å². The first kappa shape index (κ1) is 15.6. The van der Waals surface area contributed by atoms with E-state index in [0.29, 0.717) is 22.9 Å². The molecular weight excluding hydrogens is 314 g/mol. The highest BCUT2D eigenvalue weighted by Crippen LogP contribution is 2.26. The molecule has 6 heteroatoms. The Kier molecular flexibility index (Phi) is 4.67. The van der Waals surface area contributed by atoms with Gasteiger partial charge in [-0.3, -0.25) is 4.79 Å². The smallest absolute Gasteiger partial charge is 0.254 e. The number of carbonyl (C=O) groups is 1. The maximum absolute atomic E-state index is 12.0. The van der Waals surface area contributed by atoms with Gasteiger partial charge in [0.1, 0.15) is 17.7 Å². The minimum absolute atomic E-state index is 0.0491. The highest BCUT2D eigenvalue weighted by Gasteiger charge is 2.27. The lowest BCUT2D eigenvalue weighted by Gasteiger charge is -2.20. The van der Waals surface area contributed by atoms with Gasteiger partial charge in [0.05, 0.1) is 12.1 Å². The Hall–Kier alpha value is -2.27. The molecule has 1 amide bonds. The normalized spacial score (nSPS) is 17.1. The molecule has 1 N–H and O–H groups in total. The van der Waals surface area contributed by atoms with Crippen LogP contribution in [0, 0.1) is 0 Å². The average molecular weight is 332 g/mol. The second-order valence-electron chi connectivity index (χ2n) is 5.39. The molecule has 1 atom stereocenters. The maximum Gasteiger partial charge on any atom is 0.254 e. The number of hydrogen-bond acceptors (Lipinski definition) is 4. The van der Waals surface area contributed by atoms with E-state index in [4.69, 9.17) is 16.3 Å². The van der Waals surface area contributed by atoms with Gasteiger partial charge in [0.15, 0.2) is 0 Å². The zero-order chi connectivity index (χ0) is 16.2. The Labute approximate surface area is 140 Å². The monoisotopic (exact) mass is 331 g/mol. The Bertz CT molecular complexity index is 708. The summed E-state index contributed by atoms with van der Waals surface area (Å²) in [5.74, 6) is 1.33. The third-order valence-electron chi connectivity index (χ3n) is 3.80. The Balaban J connectivity index is 1.72. The van der Waals surface area contributed by atoms with Crippen molar-refractivity contribution < 1.29 is 9.53 Å². The SMILES string of the molecule is CNC(=O)c1cccnc1N1CCC(Oc2cccc(Cl)c2)C1. The molecule has 2 heterocycles. The van der Waals surface area contributed by atoms with Gasteiger partial charge in [-0.1, -0.05) is 17.7 Å². The van der Waals surface area contributed by atoms with Crippen LogP contribution in [-0.2, 0) is 0 Å². The number of ether oxygens (including phenoxy) is 1. The van der Waals surface area contributed by atoms with Crippen molar-refractivity contribution in [2.75, 3.05) is 25.0 Å². The first-order valence-electron chi connectivity index (χ1n) is 7.51. The highest BCUT2D eigenvalue weighted by atomic mass is 35.5. The second-order valence-corrected chi connectivity index (χ2v) is 5.82. The first-order valence-corrected chi connectivity index (χ1v) is 7.89. The lowest BCUT2D eigenvalue weighted by atomic mass is 10.2. The topological polar surface area (TPSA) is 54.5 Å². The molecule has 0 bridgehead atoms. The van der Waals surface area contributed by atoms with Crippen LogP contribution in [0.1, 0.15) is 16.8 Å². The quantitative estimate of drug-likeness (QED) is 0.936. The van der Waals surface area contributed by atoms with Crippen molar-refractivity contribution in [3.8, 4) is 5.75 Å². The van der Waals surface area contributed by atoms with E-state index in [9.17, 15) is 4.79 Å². The Morgan fingerprint density at radius 1 is 1.39 bits per heavy atom. The van der Waals surface area contributed by atoms with Gasteiger partial charge < -0.3 is 15.0 Å². The fourth-order valence-corrected chi connectivity index (χ4v) is 2.89. The molecule has 5 nitrogen and oxygen atoms in total. The molecule has 0 saturated carbocycles. The van der Waals surface area contributed by atoms with Gasteiger partial charge >= 0.3 is 0 Å². The molecule has 2 aromatic rings. The average Bonchev–Trinajstić information content (AvgIpc) is 3.02. The standard InChI is InChI=1S/C17H18ClN3O2/c1-19-17(22)15-6-3-8-20-16(15)21-9-7-14(11-21)23-13-5-2-4-12(18)10-13/h2-6,8,10,14H,7,9,11H2,1H3,(H,19,22). The molecule has 1 saturated heterocycles. The molecule has 3 rings (SSSR count). The number of carbonyl (C=O) groups excluding carboxylic acids is 1. The van der Waals surface area contributed by atoms with Crippen LogP contribution >= 0.6 is 11.6 Å². The van der Waals surface area contributed by atoms with Gasteiger partial charge in [0.2, 0.25) is 0 Å². The summed E-state index contributed by atoms with van der Waals surface area (Å²) in [7, 11) is 1.62. The summed E-state index contributed by atoms with van der Waals surface area (Å²) in [4.78, 5) is 18.4. The lowest BCUT2D eigenvalue weighted by Crippen LogP contribution is -2.28. The molecule has 0 radical (unpaired) electrons. The molecule has 1 unspecified atom stereocenters. The molecule has 1 fully saturated rings. The molecule has 1 aliphatic rings. The third kappa shape index (κ3) is 3.56. The van der Waals surface area contributed by atoms with Crippen LogP contribution in [0.5, 0.6) is 5.75 Å². The van der Waals surface area contributed by atoms with Crippen molar-refractivity contribution >= 4 is 23.3 Å². The predicted molar refractivity (Wildman–Crippen MR) is 90.3 cm³/mol. The number of nitrogens with one attached hydrogen (secondary N) is 1. The Morgan fingerprint density at radius 3 is 3.04 bits per heavy atom. The van der Waals surface area contributed by atoms with E-state index in [1.165, 1.54) is 0 Å². The van der Waals surface area contributed by atoms with E-state index in [2.05, 4.69) is 15.2 Å². The summed E-state index contributed by atoms with van der Waals surface area (Å²) in [6, 6.07) is 10.9. The predicted octanol–water partition coefficient (Wildman–Crippen LogP) is 2.75. The van der Waals surface area contributed by atoms with Gasteiger partial charge in [0.25, 0.3) is 5.91 Å². The summed E-state index contributed by atoms with van der Waals surface area (Å²) in [6.07, 6.45) is 2.62. The summed E-state index contributed by atoms with van der Waals surface area (Å²) in [6.45, 7) is 1.49. The largest absolute Gasteiger partial charge is 0.488 e. The van der Waals surface area contributed by atoms with Crippen LogP contribution in [0.2, 0.25) is 5.02 Å². The number of benzene rings is 1. The van der Waals surface area contributed by atoms with Gasteiger partial charge in [-0.25, -0.2) is 4.98 Å². The lowest BCUT2D eigenvalue weighted by molar-refractivity contribution is 0.0963. The molecule has 1 aliphatic heterocycles. The van der Waals surface area contributed by atoms with Crippen LogP contribution < -0.4 is 15.0 Å². The van der Waals surface area contributed by atoms with Crippen LogP contribution in [0.4, 0.5) is 5.82 Å². The van der Waals surface area contributed by atoms with E-state index in [1.807, 2.05) is 18.2 Å². The number of pyridine rings is 1. The summed E-state index contributed by atoms with van der Waals surface area (Å²) >= 11 is 5.98. The van der Waals surface area contributed by atoms with Crippen molar-refractivity contribution in [3.63, 3.8) is 0 Å². The molecule has 120 valence electrons. The first-order chi connectivity index (χ1) is 11.2. The molecule has 1 aromatic heterocycles. The van der Waals surface area contributed by atoms with Crippen LogP contribution in [0.3, 0.4) is 0 Å². The van der Waals surface area contributed by atoms with E-state index in [1.54, 1.807) is 31.4 Å². The van der Waals surface area contributed by atoms with Gasteiger partial charge in [-0.05, 0) is 30.3 Å². The Morgan fingerprint density at radius 2 is 2.26 bits per heavy atom. The van der Waals surface area contributed by atoms with E-state index in [0.717, 1.165) is 18.7 Å². The van der Waals surface area contributed by atoms with Crippen LogP contribution in [-0.4, -0.2) is 37.1 Å². The number of rotatable bonds is 4. The van der Waals surface area contributed by atoms with Crippen LogP contribution in [0.25, 0.3) is 0 Å². The zero-order valence-corrected chi connectivity index (χ0v) is 13.6. The van der Waals surface area contributed by atoms with Crippen molar-refractivity contribution in [1.82, 2.24) is 10.3 Å². The molecule has 0 spiro atoms. The molecule has 0 aliphatic carbocycles. The number of amides is 1. The van der Waals surface area contributed by atoms with Gasteiger partial charge in [-0.2, -0.15) is 0 Å². The fraction of sp³-hybridized carbons (Fsp3) is 0.294. The number of aromatic nitrogens is 1. The van der Waals surface area contributed by atoms with Crippen molar-refractivity contribution in [3.05, 3.63) is 53.2 Å². The van der Waals surface area contributed by atoms with Crippen molar-refractivity contribution in [1.29, 1.82) is 0 Å². The number of nitrogens with zero attached hydrogens (tertiary/aromatic N) is 2. The maximum atomic E-state index is 12.0. The minimum atomic E-state index is -0.132. The number of hydrogen-bond donors (Lipinski definition) is 1. The number of anilines is 1.